The van der Waals surface area contributed by atoms with Crippen LogP contribution in [0.2, 0.25) is 0 Å². The van der Waals surface area contributed by atoms with Crippen LogP contribution < -0.4 is 139 Å². The SMILES string of the molecule is O=C([O-])c1cc(S(=O)(=O)O)c(C(=O)[O-])c(C(=O)[O-])c1C(=O)[O-].[Na+].[Na+].[Na+].[Na+]. The van der Waals surface area contributed by atoms with Crippen LogP contribution >= 0.6 is 0 Å². The van der Waals surface area contributed by atoms with Gasteiger partial charge in [0.2, 0.25) is 0 Å². The fourth-order valence-corrected chi connectivity index (χ4v) is 2.35. The summed E-state index contributed by atoms with van der Waals surface area (Å²) in [4.78, 5) is 41.8. The Morgan fingerprint density at radius 3 is 1.27 bits per heavy atom. The van der Waals surface area contributed by atoms with Crippen molar-refractivity contribution in [3.63, 3.8) is 0 Å². The Morgan fingerprint density at radius 2 is 1.04 bits per heavy atom. The van der Waals surface area contributed by atoms with E-state index in [1.165, 1.54) is 0 Å². The average Bonchev–Trinajstić information content (AvgIpc) is 2.34. The zero-order valence-corrected chi connectivity index (χ0v) is 22.8. The molecule has 0 aliphatic heterocycles. The van der Waals surface area contributed by atoms with E-state index in [0.29, 0.717) is 0 Å². The van der Waals surface area contributed by atoms with E-state index in [1.54, 1.807) is 0 Å². The van der Waals surface area contributed by atoms with E-state index < -0.39 is 61.1 Å². The zero-order valence-electron chi connectivity index (χ0n) is 14.0. The number of carbonyl (C=O) groups excluding carboxylic acids is 4. The largest absolute Gasteiger partial charge is 1.00 e. The summed E-state index contributed by atoms with van der Waals surface area (Å²) in [5.74, 6) is -9.88. The Hall–Kier alpha value is 1.01. The summed E-state index contributed by atoms with van der Waals surface area (Å²) in [5, 5.41) is 43.5. The molecule has 0 radical (unpaired) electrons. The zero-order chi connectivity index (χ0) is 17.4. The Bertz CT molecular complexity index is 834. The van der Waals surface area contributed by atoms with Gasteiger partial charge in [0, 0.05) is 22.3 Å². The van der Waals surface area contributed by atoms with E-state index in [1.807, 2.05) is 0 Å². The van der Waals surface area contributed by atoms with Crippen LogP contribution in [-0.4, -0.2) is 36.8 Å². The van der Waals surface area contributed by atoms with Crippen molar-refractivity contribution in [2.45, 2.75) is 4.90 Å². The molecule has 0 fully saturated rings. The van der Waals surface area contributed by atoms with Gasteiger partial charge < -0.3 is 39.6 Å². The second-order valence-corrected chi connectivity index (χ2v) is 5.06. The van der Waals surface area contributed by atoms with E-state index in [4.69, 9.17) is 4.55 Å². The molecule has 0 saturated carbocycles. The third-order valence-corrected chi connectivity index (χ3v) is 3.28. The van der Waals surface area contributed by atoms with Gasteiger partial charge in [0.15, 0.2) is 0 Å². The minimum absolute atomic E-state index is 0. The average molecular weight is 422 g/mol. The van der Waals surface area contributed by atoms with Crippen molar-refractivity contribution in [2.24, 2.45) is 0 Å². The predicted molar refractivity (Wildman–Crippen MR) is 53.6 cm³/mol. The molecule has 118 valence electrons. The van der Waals surface area contributed by atoms with Crippen molar-refractivity contribution in [2.75, 3.05) is 0 Å². The first-order chi connectivity index (χ1) is 9.89. The number of benzene rings is 1. The maximum atomic E-state index is 11.1. The van der Waals surface area contributed by atoms with E-state index in [0.717, 1.165) is 0 Å². The first-order valence-electron chi connectivity index (χ1n) is 4.93. The second kappa shape index (κ2) is 13.3. The van der Waals surface area contributed by atoms with Crippen LogP contribution in [0.15, 0.2) is 11.0 Å². The van der Waals surface area contributed by atoms with Gasteiger partial charge in [0.25, 0.3) is 10.1 Å². The molecule has 0 aliphatic rings. The Morgan fingerprint density at radius 1 is 0.692 bits per heavy atom. The van der Waals surface area contributed by atoms with Gasteiger partial charge in [0.05, 0.1) is 23.9 Å². The van der Waals surface area contributed by atoms with Crippen molar-refractivity contribution in [1.82, 2.24) is 0 Å². The first-order valence-corrected chi connectivity index (χ1v) is 6.37. The summed E-state index contributed by atoms with van der Waals surface area (Å²) in [6, 6.07) is -0.104. The third kappa shape index (κ3) is 7.79. The van der Waals surface area contributed by atoms with Crippen LogP contribution in [0, 0.1) is 0 Å². The van der Waals surface area contributed by atoms with Gasteiger partial charge in [-0.25, -0.2) is 0 Å². The summed E-state index contributed by atoms with van der Waals surface area (Å²) < 4.78 is 31.0. The molecule has 26 heavy (non-hydrogen) atoms. The Kier molecular flexibility index (Phi) is 17.6. The molecule has 0 spiro atoms. The van der Waals surface area contributed by atoms with Crippen LogP contribution in [0.3, 0.4) is 0 Å². The normalized spacial score (nSPS) is 9.27. The number of hydrogen-bond donors (Lipinski definition) is 1. The van der Waals surface area contributed by atoms with Gasteiger partial charge in [-0.2, -0.15) is 8.42 Å². The monoisotopic (exact) mass is 422 g/mol. The van der Waals surface area contributed by atoms with E-state index in [-0.39, 0.29) is 124 Å². The number of hydrogen-bond acceptors (Lipinski definition) is 10. The van der Waals surface area contributed by atoms with Crippen molar-refractivity contribution < 1.29 is 171 Å². The molecule has 0 heterocycles. The smallest absolute Gasteiger partial charge is 0.545 e. The van der Waals surface area contributed by atoms with Gasteiger partial charge in [-0.1, -0.05) is 0 Å². The van der Waals surface area contributed by atoms with Gasteiger partial charge in [-0.3, -0.25) is 4.55 Å². The molecule has 0 bridgehead atoms. The standard InChI is InChI=1S/C10H6O11S.4Na/c11-7(12)2-1-3(22(19,20)21)5(9(15)16)6(10(17)18)4(2)8(13)14;;;;/h1H,(H,11,12)(H,13,14)(H,15,16)(H,17,18)(H,19,20,21);;;;/q;4*+1/p-4. The van der Waals surface area contributed by atoms with Crippen LogP contribution in [-0.2, 0) is 10.1 Å². The van der Waals surface area contributed by atoms with Crippen LogP contribution in [0.25, 0.3) is 0 Å². The fraction of sp³-hybridized carbons (Fsp3) is 0. The van der Waals surface area contributed by atoms with Crippen LogP contribution in [0.1, 0.15) is 41.4 Å². The molecule has 11 nitrogen and oxygen atoms in total. The van der Waals surface area contributed by atoms with E-state index in [9.17, 15) is 48.0 Å². The van der Waals surface area contributed by atoms with Crippen molar-refractivity contribution >= 4 is 34.0 Å². The molecule has 16 heteroatoms. The van der Waals surface area contributed by atoms with Crippen molar-refractivity contribution in [1.29, 1.82) is 0 Å². The molecule has 0 aliphatic carbocycles. The molecule has 0 aromatic heterocycles. The van der Waals surface area contributed by atoms with Gasteiger partial charge in [0.1, 0.15) is 4.90 Å². The second-order valence-electron chi connectivity index (χ2n) is 3.67. The molecule has 0 unspecified atom stereocenters. The summed E-state index contributed by atoms with van der Waals surface area (Å²) in [6.07, 6.45) is 0. The summed E-state index contributed by atoms with van der Waals surface area (Å²) in [5.41, 5.74) is -6.90. The summed E-state index contributed by atoms with van der Waals surface area (Å²) >= 11 is 0. The Labute approximate surface area is 234 Å². The molecular formula is C10H2Na4O11S. The number of aromatic carboxylic acids is 4. The topological polar surface area (TPSA) is 215 Å². The predicted octanol–water partition coefficient (Wildman–Crippen LogP) is -17.6. The van der Waals surface area contributed by atoms with Crippen molar-refractivity contribution in [3.05, 3.63) is 28.3 Å². The first kappa shape index (κ1) is 34.5. The van der Waals surface area contributed by atoms with Crippen LogP contribution in [0.5, 0.6) is 0 Å². The molecular weight excluding hydrogens is 420 g/mol. The van der Waals surface area contributed by atoms with Gasteiger partial charge in [-0.15, -0.1) is 0 Å². The maximum absolute atomic E-state index is 11.1. The van der Waals surface area contributed by atoms with Gasteiger partial charge >= 0.3 is 118 Å². The number of carboxylic acid groups (broad SMARTS) is 4. The number of carboxylic acids is 4. The minimum atomic E-state index is -5.45. The maximum Gasteiger partial charge on any atom is 1.00 e. The van der Waals surface area contributed by atoms with E-state index >= 15 is 0 Å². The summed E-state index contributed by atoms with van der Waals surface area (Å²) in [7, 11) is -5.45. The van der Waals surface area contributed by atoms with Crippen LogP contribution in [0.4, 0.5) is 0 Å². The van der Waals surface area contributed by atoms with E-state index in [2.05, 4.69) is 0 Å². The number of rotatable bonds is 5. The molecule has 1 aromatic carbocycles. The molecule has 0 atom stereocenters. The summed E-state index contributed by atoms with van der Waals surface area (Å²) in [6.45, 7) is 0. The molecule has 1 aromatic rings. The number of carbonyl (C=O) groups is 4. The molecule has 1 rings (SSSR count). The van der Waals surface area contributed by atoms with Crippen molar-refractivity contribution in [3.8, 4) is 0 Å². The molecule has 1 N–H and O–H groups in total. The molecule has 0 saturated heterocycles. The fourth-order valence-electron chi connectivity index (χ4n) is 1.64. The third-order valence-electron chi connectivity index (χ3n) is 2.40. The quantitative estimate of drug-likeness (QED) is 0.347. The van der Waals surface area contributed by atoms with Gasteiger partial charge in [-0.05, 0) is 6.07 Å². The Balaban J connectivity index is -0.000000605. The molecule has 0 amide bonds. The minimum Gasteiger partial charge on any atom is -0.545 e.